The molecule has 1 N–H and O–H groups in total. The first-order valence-electron chi connectivity index (χ1n) is 12.5. The minimum absolute atomic E-state index is 0.126. The van der Waals surface area contributed by atoms with Gasteiger partial charge in [0.15, 0.2) is 0 Å². The van der Waals surface area contributed by atoms with Gasteiger partial charge in [-0.25, -0.2) is 0 Å². The van der Waals surface area contributed by atoms with Crippen LogP contribution < -0.4 is 5.32 Å². The van der Waals surface area contributed by atoms with Crippen molar-refractivity contribution in [2.45, 2.75) is 64.0 Å². The number of hydrogen-bond acceptors (Lipinski definition) is 4. The Bertz CT molecular complexity index is 1040. The van der Waals surface area contributed by atoms with Gasteiger partial charge in [0.2, 0.25) is 11.8 Å². The van der Waals surface area contributed by atoms with Crippen molar-refractivity contribution in [2.75, 3.05) is 13.1 Å². The van der Waals surface area contributed by atoms with Crippen molar-refractivity contribution >= 4 is 23.6 Å². The first-order valence-corrected chi connectivity index (χ1v) is 12.5. The number of fused-ring (bicyclic) bond motifs is 1. The van der Waals surface area contributed by atoms with E-state index in [-0.39, 0.29) is 42.6 Å². The maximum Gasteiger partial charge on any atom is 0.261 e. The first kappa shape index (κ1) is 24.6. The maximum atomic E-state index is 13.3. The van der Waals surface area contributed by atoms with E-state index in [2.05, 4.69) is 5.32 Å². The van der Waals surface area contributed by atoms with E-state index in [4.69, 9.17) is 0 Å². The van der Waals surface area contributed by atoms with Gasteiger partial charge in [0, 0.05) is 25.6 Å². The lowest BCUT2D eigenvalue weighted by Gasteiger charge is -2.30. The Balaban J connectivity index is 1.37. The van der Waals surface area contributed by atoms with Crippen molar-refractivity contribution in [1.82, 2.24) is 15.1 Å². The monoisotopic (exact) mass is 475 g/mol. The molecule has 184 valence electrons. The van der Waals surface area contributed by atoms with Crippen LogP contribution in [0.1, 0.15) is 71.7 Å². The van der Waals surface area contributed by atoms with Gasteiger partial charge in [-0.3, -0.25) is 24.1 Å². The van der Waals surface area contributed by atoms with Crippen LogP contribution in [-0.2, 0) is 16.0 Å². The molecule has 4 rings (SSSR count). The summed E-state index contributed by atoms with van der Waals surface area (Å²) < 4.78 is 0. The minimum atomic E-state index is -0.592. The van der Waals surface area contributed by atoms with Gasteiger partial charge >= 0.3 is 0 Å². The fourth-order valence-corrected chi connectivity index (χ4v) is 4.94. The van der Waals surface area contributed by atoms with Crippen molar-refractivity contribution in [1.29, 1.82) is 0 Å². The third-order valence-electron chi connectivity index (χ3n) is 7.00. The summed E-state index contributed by atoms with van der Waals surface area (Å²) in [5.41, 5.74) is 1.91. The second-order valence-corrected chi connectivity index (χ2v) is 9.40. The van der Waals surface area contributed by atoms with Crippen LogP contribution in [0.25, 0.3) is 0 Å². The Morgan fingerprint density at radius 2 is 1.57 bits per heavy atom. The average molecular weight is 476 g/mol. The highest BCUT2D eigenvalue weighted by atomic mass is 16.2. The number of hydrogen-bond donors (Lipinski definition) is 1. The molecule has 7 nitrogen and oxygen atoms in total. The molecule has 0 saturated heterocycles. The number of amides is 4. The lowest BCUT2D eigenvalue weighted by molar-refractivity contribution is -0.140. The predicted molar refractivity (Wildman–Crippen MR) is 133 cm³/mol. The third-order valence-corrected chi connectivity index (χ3v) is 7.00. The number of imide groups is 1. The third kappa shape index (κ3) is 5.78. The van der Waals surface area contributed by atoms with Crippen LogP contribution in [-0.4, -0.2) is 58.6 Å². The lowest BCUT2D eigenvalue weighted by Crippen LogP contribution is -2.50. The molecule has 0 unspecified atom stereocenters. The molecule has 1 fully saturated rings. The van der Waals surface area contributed by atoms with E-state index >= 15 is 0 Å². The summed E-state index contributed by atoms with van der Waals surface area (Å²) in [5.74, 6) is -0.906. The summed E-state index contributed by atoms with van der Waals surface area (Å²) in [6, 6.07) is 16.2. The zero-order valence-electron chi connectivity index (χ0n) is 20.2. The maximum absolute atomic E-state index is 13.3. The van der Waals surface area contributed by atoms with Crippen LogP contribution in [0.2, 0.25) is 0 Å². The predicted octanol–water partition coefficient (Wildman–Crippen LogP) is 3.58. The molecule has 1 aliphatic carbocycles. The van der Waals surface area contributed by atoms with Gasteiger partial charge in [0.1, 0.15) is 6.04 Å². The topological polar surface area (TPSA) is 86.8 Å². The molecule has 2 aromatic rings. The summed E-state index contributed by atoms with van der Waals surface area (Å²) in [5, 5.41) is 3.10. The summed E-state index contributed by atoms with van der Waals surface area (Å²) in [4.78, 5) is 54.2. The highest BCUT2D eigenvalue weighted by Crippen LogP contribution is 2.23. The largest absolute Gasteiger partial charge is 0.352 e. The van der Waals surface area contributed by atoms with Crippen LogP contribution in [0.15, 0.2) is 54.6 Å². The van der Waals surface area contributed by atoms with Gasteiger partial charge in [0.05, 0.1) is 11.1 Å². The summed E-state index contributed by atoms with van der Waals surface area (Å²) in [7, 11) is 0. The number of rotatable bonds is 10. The van der Waals surface area contributed by atoms with Gasteiger partial charge in [-0.15, -0.1) is 0 Å². The van der Waals surface area contributed by atoms with Gasteiger partial charge in [-0.05, 0) is 50.3 Å². The Morgan fingerprint density at radius 1 is 0.971 bits per heavy atom. The molecule has 1 saturated carbocycles. The highest BCUT2D eigenvalue weighted by molar-refractivity contribution is 6.21. The molecule has 0 bridgehead atoms. The summed E-state index contributed by atoms with van der Waals surface area (Å²) in [6.07, 6.45) is 5.35. The molecule has 0 radical (unpaired) electrons. The van der Waals surface area contributed by atoms with Crippen LogP contribution >= 0.6 is 0 Å². The van der Waals surface area contributed by atoms with Crippen LogP contribution in [0.5, 0.6) is 0 Å². The number of benzene rings is 2. The Labute approximate surface area is 206 Å². The Kier molecular flexibility index (Phi) is 7.95. The minimum Gasteiger partial charge on any atom is -0.352 e. The molecular weight excluding hydrogens is 442 g/mol. The summed E-state index contributed by atoms with van der Waals surface area (Å²) in [6.45, 7) is 2.37. The van der Waals surface area contributed by atoms with Gasteiger partial charge in [-0.1, -0.05) is 55.3 Å². The number of nitrogens with one attached hydrogen (secondary N) is 1. The quantitative estimate of drug-likeness (QED) is 0.532. The molecule has 0 spiro atoms. The molecule has 2 aliphatic rings. The van der Waals surface area contributed by atoms with E-state index < -0.39 is 6.04 Å². The summed E-state index contributed by atoms with van der Waals surface area (Å²) >= 11 is 0. The number of carbonyl (C=O) groups excluding carboxylic acids is 4. The van der Waals surface area contributed by atoms with E-state index in [9.17, 15) is 19.2 Å². The fourth-order valence-electron chi connectivity index (χ4n) is 4.94. The van der Waals surface area contributed by atoms with Crippen molar-refractivity contribution in [3.05, 3.63) is 71.3 Å². The smallest absolute Gasteiger partial charge is 0.261 e. The van der Waals surface area contributed by atoms with Crippen LogP contribution in [0.4, 0.5) is 0 Å². The van der Waals surface area contributed by atoms with Crippen LogP contribution in [0.3, 0.4) is 0 Å². The van der Waals surface area contributed by atoms with E-state index in [1.165, 1.54) is 4.90 Å². The van der Waals surface area contributed by atoms with E-state index in [1.807, 2.05) is 30.3 Å². The lowest BCUT2D eigenvalue weighted by atomic mass is 10.1. The molecule has 1 aliphatic heterocycles. The number of nitrogens with zero attached hydrogens (tertiary/aromatic N) is 2. The molecule has 35 heavy (non-hydrogen) atoms. The molecule has 0 aromatic heterocycles. The molecule has 1 heterocycles. The second kappa shape index (κ2) is 11.3. The second-order valence-electron chi connectivity index (χ2n) is 9.40. The van der Waals surface area contributed by atoms with E-state index in [0.29, 0.717) is 30.5 Å². The SMILES string of the molecule is C[C@@H](C(=O)NC1CCCC1)N(CCc1ccccc1)C(=O)CCCN1C(=O)c2ccccc2C1=O. The normalized spacial score (nSPS) is 16.3. The van der Waals surface area contributed by atoms with E-state index in [1.54, 1.807) is 36.1 Å². The van der Waals surface area contributed by atoms with Crippen molar-refractivity contribution in [2.24, 2.45) is 0 Å². The van der Waals surface area contributed by atoms with Gasteiger partial charge < -0.3 is 10.2 Å². The highest BCUT2D eigenvalue weighted by Gasteiger charge is 2.35. The molecule has 4 amide bonds. The van der Waals surface area contributed by atoms with Gasteiger partial charge in [0.25, 0.3) is 11.8 Å². The van der Waals surface area contributed by atoms with E-state index in [0.717, 1.165) is 31.2 Å². The Hall–Kier alpha value is -3.48. The molecular formula is C28H33N3O4. The number of carbonyl (C=O) groups is 4. The van der Waals surface area contributed by atoms with Crippen LogP contribution in [0, 0.1) is 0 Å². The fraction of sp³-hybridized carbons (Fsp3) is 0.429. The molecule has 7 heteroatoms. The van der Waals surface area contributed by atoms with Crippen molar-refractivity contribution in [3.63, 3.8) is 0 Å². The van der Waals surface area contributed by atoms with Crippen molar-refractivity contribution in [3.8, 4) is 0 Å². The standard InChI is InChI=1S/C28H33N3O4/c1-20(26(33)29-22-12-5-6-13-22)30(19-17-21-10-3-2-4-11-21)25(32)16-9-18-31-27(34)23-14-7-8-15-24(23)28(31)35/h2-4,7-8,10-11,14-15,20,22H,5-6,9,12-13,16-19H2,1H3,(H,29,33)/t20-/m0/s1. The Morgan fingerprint density at radius 3 is 2.20 bits per heavy atom. The average Bonchev–Trinajstić information content (AvgIpc) is 3.47. The first-order chi connectivity index (χ1) is 17.0. The zero-order chi connectivity index (χ0) is 24.8. The zero-order valence-corrected chi connectivity index (χ0v) is 20.2. The van der Waals surface area contributed by atoms with Crippen molar-refractivity contribution < 1.29 is 19.2 Å². The van der Waals surface area contributed by atoms with Gasteiger partial charge in [-0.2, -0.15) is 0 Å². The molecule has 2 aromatic carbocycles. The molecule has 1 atom stereocenters.